The highest BCUT2D eigenvalue weighted by Crippen LogP contribution is 2.15. The summed E-state index contributed by atoms with van der Waals surface area (Å²) in [5, 5.41) is 2.89. The Morgan fingerprint density at radius 2 is 1.88 bits per heavy atom. The monoisotopic (exact) mass is 326 g/mol. The molecule has 0 spiro atoms. The highest BCUT2D eigenvalue weighted by atomic mass is 16.5. The lowest BCUT2D eigenvalue weighted by molar-refractivity contribution is -0.122. The number of carbonyl (C=O) groups is 1. The molecule has 0 fully saturated rings. The van der Waals surface area contributed by atoms with E-state index in [0.29, 0.717) is 19.6 Å². The third-order valence-electron chi connectivity index (χ3n) is 3.80. The van der Waals surface area contributed by atoms with Crippen molar-refractivity contribution in [3.63, 3.8) is 0 Å². The number of hydrogen-bond acceptors (Lipinski definition) is 3. The van der Waals surface area contributed by atoms with Crippen molar-refractivity contribution in [1.29, 1.82) is 0 Å². The molecule has 3 N–H and O–H groups in total. The first-order valence-corrected chi connectivity index (χ1v) is 8.48. The maximum Gasteiger partial charge on any atom is 0.236 e. The smallest absolute Gasteiger partial charge is 0.236 e. The number of nitrogens with two attached hydrogens (primary N) is 1. The van der Waals surface area contributed by atoms with E-state index in [4.69, 9.17) is 10.5 Å². The van der Waals surface area contributed by atoms with E-state index in [-0.39, 0.29) is 5.91 Å². The van der Waals surface area contributed by atoms with Crippen molar-refractivity contribution in [2.45, 2.75) is 38.8 Å². The first kappa shape index (κ1) is 18.0. The zero-order valence-corrected chi connectivity index (χ0v) is 14.2. The van der Waals surface area contributed by atoms with Gasteiger partial charge in [0.15, 0.2) is 0 Å². The molecule has 0 radical (unpaired) electrons. The second-order valence-corrected chi connectivity index (χ2v) is 5.86. The Balaban J connectivity index is 1.79. The summed E-state index contributed by atoms with van der Waals surface area (Å²) in [6.45, 7) is 3.15. The van der Waals surface area contributed by atoms with Gasteiger partial charge in [-0.15, -0.1) is 0 Å². The van der Waals surface area contributed by atoms with Gasteiger partial charge in [0.2, 0.25) is 5.91 Å². The van der Waals surface area contributed by atoms with E-state index >= 15 is 0 Å². The first-order valence-electron chi connectivity index (χ1n) is 8.48. The Kier molecular flexibility index (Phi) is 7.30. The molecule has 1 amide bonds. The maximum atomic E-state index is 11.8. The van der Waals surface area contributed by atoms with Gasteiger partial charge in [-0.2, -0.15) is 0 Å². The van der Waals surface area contributed by atoms with Crippen molar-refractivity contribution in [2.75, 3.05) is 6.54 Å². The van der Waals surface area contributed by atoms with Gasteiger partial charge in [0.25, 0.3) is 0 Å². The molecule has 0 aromatic heterocycles. The number of nitrogens with one attached hydrogen (secondary N) is 1. The van der Waals surface area contributed by atoms with E-state index in [1.165, 1.54) is 0 Å². The molecule has 1 atom stereocenters. The van der Waals surface area contributed by atoms with Gasteiger partial charge in [0.1, 0.15) is 12.4 Å². The number of carbonyl (C=O) groups excluding carboxylic acids is 1. The predicted octanol–water partition coefficient (Wildman–Crippen LogP) is 3.05. The van der Waals surface area contributed by atoms with Crippen molar-refractivity contribution in [3.05, 3.63) is 65.7 Å². The van der Waals surface area contributed by atoms with Crippen LogP contribution in [0.3, 0.4) is 0 Å². The van der Waals surface area contributed by atoms with Gasteiger partial charge in [0, 0.05) is 6.54 Å². The van der Waals surface area contributed by atoms with Crippen LogP contribution in [-0.2, 0) is 17.8 Å². The van der Waals surface area contributed by atoms with E-state index in [2.05, 4.69) is 5.32 Å². The summed E-state index contributed by atoms with van der Waals surface area (Å²) in [5.74, 6) is 0.763. The highest BCUT2D eigenvalue weighted by Gasteiger charge is 2.11. The largest absolute Gasteiger partial charge is 0.489 e. The molecule has 128 valence electrons. The molecule has 0 saturated carbocycles. The fourth-order valence-electron chi connectivity index (χ4n) is 2.43. The van der Waals surface area contributed by atoms with E-state index < -0.39 is 6.04 Å². The first-order chi connectivity index (χ1) is 11.7. The average molecular weight is 326 g/mol. The molecule has 2 aromatic carbocycles. The van der Waals surface area contributed by atoms with Gasteiger partial charge < -0.3 is 15.8 Å². The van der Waals surface area contributed by atoms with Crippen molar-refractivity contribution in [3.8, 4) is 5.75 Å². The van der Waals surface area contributed by atoms with Crippen LogP contribution in [0, 0.1) is 0 Å². The minimum atomic E-state index is -0.407. The van der Waals surface area contributed by atoms with Crippen LogP contribution in [0.25, 0.3) is 0 Å². The van der Waals surface area contributed by atoms with E-state index in [0.717, 1.165) is 29.7 Å². The quantitative estimate of drug-likeness (QED) is 0.744. The number of hydrogen-bond donors (Lipinski definition) is 2. The normalized spacial score (nSPS) is 11.8. The SMILES string of the molecule is CCCC(N)C(=O)NCCc1cccc(OCc2ccccc2)c1. The van der Waals surface area contributed by atoms with Gasteiger partial charge in [0.05, 0.1) is 6.04 Å². The third-order valence-corrected chi connectivity index (χ3v) is 3.80. The molecule has 0 bridgehead atoms. The van der Waals surface area contributed by atoms with E-state index in [9.17, 15) is 4.79 Å². The van der Waals surface area contributed by atoms with E-state index in [1.54, 1.807) is 0 Å². The fourth-order valence-corrected chi connectivity index (χ4v) is 2.43. The van der Waals surface area contributed by atoms with Crippen molar-refractivity contribution < 1.29 is 9.53 Å². The summed E-state index contributed by atoms with van der Waals surface area (Å²) in [6.07, 6.45) is 2.39. The molecular weight excluding hydrogens is 300 g/mol. The zero-order chi connectivity index (χ0) is 17.2. The van der Waals surface area contributed by atoms with E-state index in [1.807, 2.05) is 61.5 Å². The van der Waals surface area contributed by atoms with Crippen LogP contribution in [0.4, 0.5) is 0 Å². The van der Waals surface area contributed by atoms with Gasteiger partial charge in [-0.25, -0.2) is 0 Å². The molecule has 0 aliphatic heterocycles. The molecule has 24 heavy (non-hydrogen) atoms. The van der Waals surface area contributed by atoms with Gasteiger partial charge in [-0.1, -0.05) is 55.8 Å². The Labute approximate surface area is 144 Å². The molecule has 4 heteroatoms. The van der Waals surface area contributed by atoms with Crippen LogP contribution in [0.1, 0.15) is 30.9 Å². The number of ether oxygens (including phenoxy) is 1. The zero-order valence-electron chi connectivity index (χ0n) is 14.2. The second-order valence-electron chi connectivity index (χ2n) is 5.86. The standard InChI is InChI=1S/C20H26N2O2/c1-2-7-19(21)20(23)22-13-12-16-10-6-11-18(14-16)24-15-17-8-4-3-5-9-17/h3-6,8-11,14,19H,2,7,12-13,15,21H2,1H3,(H,22,23). The molecule has 0 aliphatic rings. The second kappa shape index (κ2) is 9.73. The van der Waals surface area contributed by atoms with Crippen molar-refractivity contribution in [1.82, 2.24) is 5.32 Å². The summed E-state index contributed by atoms with van der Waals surface area (Å²) < 4.78 is 5.82. The average Bonchev–Trinajstić information content (AvgIpc) is 2.61. The lowest BCUT2D eigenvalue weighted by atomic mass is 10.1. The number of benzene rings is 2. The maximum absolute atomic E-state index is 11.8. The summed E-state index contributed by atoms with van der Waals surface area (Å²) in [7, 11) is 0. The van der Waals surface area contributed by atoms with Gasteiger partial charge >= 0.3 is 0 Å². The lowest BCUT2D eigenvalue weighted by Gasteiger charge is -2.12. The Morgan fingerprint density at radius 1 is 1.12 bits per heavy atom. The van der Waals surface area contributed by atoms with Crippen molar-refractivity contribution in [2.24, 2.45) is 5.73 Å². The molecule has 2 aromatic rings. The minimum absolute atomic E-state index is 0.0756. The third kappa shape index (κ3) is 6.05. The lowest BCUT2D eigenvalue weighted by Crippen LogP contribution is -2.41. The van der Waals surface area contributed by atoms with Crippen LogP contribution < -0.4 is 15.8 Å². The van der Waals surface area contributed by atoms with Crippen LogP contribution >= 0.6 is 0 Å². The number of rotatable bonds is 9. The van der Waals surface area contributed by atoms with Crippen molar-refractivity contribution >= 4 is 5.91 Å². The molecule has 0 aliphatic carbocycles. The fraction of sp³-hybridized carbons (Fsp3) is 0.350. The van der Waals surface area contributed by atoms with Gasteiger partial charge in [-0.3, -0.25) is 4.79 Å². The minimum Gasteiger partial charge on any atom is -0.489 e. The summed E-state index contributed by atoms with van der Waals surface area (Å²) >= 11 is 0. The summed E-state index contributed by atoms with van der Waals surface area (Å²) in [6, 6.07) is 17.6. The topological polar surface area (TPSA) is 64.4 Å². The highest BCUT2D eigenvalue weighted by molar-refractivity contribution is 5.81. The predicted molar refractivity (Wildman–Crippen MR) is 96.8 cm³/mol. The number of amides is 1. The molecule has 4 nitrogen and oxygen atoms in total. The van der Waals surface area contributed by atoms with Crippen LogP contribution in [0.2, 0.25) is 0 Å². The Bertz CT molecular complexity index is 629. The molecule has 0 saturated heterocycles. The summed E-state index contributed by atoms with van der Waals surface area (Å²) in [5.41, 5.74) is 8.06. The summed E-state index contributed by atoms with van der Waals surface area (Å²) in [4.78, 5) is 11.8. The molecular formula is C20H26N2O2. The van der Waals surface area contributed by atoms with Crippen LogP contribution in [0.5, 0.6) is 5.75 Å². The van der Waals surface area contributed by atoms with Crippen LogP contribution in [0.15, 0.2) is 54.6 Å². The van der Waals surface area contributed by atoms with Gasteiger partial charge in [-0.05, 0) is 36.1 Å². The Morgan fingerprint density at radius 3 is 2.62 bits per heavy atom. The molecule has 1 unspecified atom stereocenters. The Hall–Kier alpha value is -2.33. The molecule has 0 heterocycles. The molecule has 2 rings (SSSR count). The van der Waals surface area contributed by atoms with Crippen LogP contribution in [-0.4, -0.2) is 18.5 Å².